The molecule has 0 spiro atoms. The highest BCUT2D eigenvalue weighted by Gasteiger charge is 2.09. The molecule has 12 heteroatoms. The van der Waals surface area contributed by atoms with E-state index in [-0.39, 0.29) is 18.1 Å². The summed E-state index contributed by atoms with van der Waals surface area (Å²) >= 11 is 0. The molecule has 44 heavy (non-hydrogen) atoms. The van der Waals surface area contributed by atoms with Gasteiger partial charge in [0.25, 0.3) is 0 Å². The molecule has 6 N–H and O–H groups in total. The van der Waals surface area contributed by atoms with Gasteiger partial charge in [-0.05, 0) is 47.9 Å². The number of anilines is 4. The first-order valence-electron chi connectivity index (χ1n) is 14.5. The fourth-order valence-corrected chi connectivity index (χ4v) is 4.01. The normalized spacial score (nSPS) is 10.8. The summed E-state index contributed by atoms with van der Waals surface area (Å²) in [5.74, 6) is 0.711. The maximum atomic E-state index is 13.3. The minimum Gasteiger partial charge on any atom is -0.378 e. The van der Waals surface area contributed by atoms with E-state index in [4.69, 9.17) is 15.2 Å². The first kappa shape index (κ1) is 32.3. The molecule has 3 aromatic carbocycles. The van der Waals surface area contributed by atoms with Crippen LogP contribution in [0.4, 0.5) is 27.9 Å². The van der Waals surface area contributed by atoms with E-state index in [1.54, 1.807) is 12.1 Å². The maximum Gasteiger partial charge on any atom is 0.233 e. The topological polar surface area (TPSA) is 148 Å². The summed E-state index contributed by atoms with van der Waals surface area (Å²) in [5, 5.41) is 12.5. The second kappa shape index (κ2) is 17.5. The zero-order valence-electron chi connectivity index (χ0n) is 24.8. The molecule has 1 heterocycles. The van der Waals surface area contributed by atoms with E-state index in [1.165, 1.54) is 17.7 Å². The molecule has 0 atom stereocenters. The molecule has 0 aliphatic rings. The van der Waals surface area contributed by atoms with Crippen molar-refractivity contribution in [3.63, 3.8) is 0 Å². The number of benzene rings is 3. The van der Waals surface area contributed by atoms with Crippen LogP contribution >= 0.6 is 0 Å². The van der Waals surface area contributed by atoms with Gasteiger partial charge >= 0.3 is 0 Å². The molecule has 11 nitrogen and oxygen atoms in total. The van der Waals surface area contributed by atoms with Gasteiger partial charge in [-0.1, -0.05) is 54.1 Å². The number of hydrogen-bond acceptors (Lipinski definition) is 10. The highest BCUT2D eigenvalue weighted by atomic mass is 19.1. The molecule has 1 aromatic heterocycles. The molecule has 0 aliphatic carbocycles. The number of nitrogens with one attached hydrogen (secondary N) is 4. The van der Waals surface area contributed by atoms with E-state index in [0.29, 0.717) is 70.5 Å². The highest BCUT2D eigenvalue weighted by Crippen LogP contribution is 2.18. The molecular weight excluding hydrogens is 563 g/mol. The van der Waals surface area contributed by atoms with Crippen molar-refractivity contribution in [2.24, 2.45) is 5.73 Å². The van der Waals surface area contributed by atoms with Gasteiger partial charge in [-0.15, -0.1) is 0 Å². The number of aromatic nitrogens is 3. The largest absolute Gasteiger partial charge is 0.378 e. The average molecular weight is 603 g/mol. The second-order valence-corrected chi connectivity index (χ2v) is 9.99. The fraction of sp³-hybridized carbons (Fsp3) is 0.312. The van der Waals surface area contributed by atoms with E-state index in [0.717, 1.165) is 22.4 Å². The van der Waals surface area contributed by atoms with Crippen molar-refractivity contribution < 1.29 is 18.7 Å². The van der Waals surface area contributed by atoms with Crippen LogP contribution in [-0.2, 0) is 33.8 Å². The third-order valence-electron chi connectivity index (χ3n) is 6.35. The molecule has 232 valence electrons. The van der Waals surface area contributed by atoms with Crippen molar-refractivity contribution in [3.8, 4) is 0 Å². The van der Waals surface area contributed by atoms with E-state index in [1.807, 2.05) is 43.3 Å². The average Bonchev–Trinajstić information content (AvgIpc) is 3.03. The van der Waals surface area contributed by atoms with Crippen LogP contribution in [0.1, 0.15) is 22.3 Å². The van der Waals surface area contributed by atoms with E-state index in [9.17, 15) is 9.18 Å². The van der Waals surface area contributed by atoms with Crippen LogP contribution in [0.5, 0.6) is 0 Å². The number of ether oxygens (including phenoxy) is 2. The Balaban J connectivity index is 1.33. The van der Waals surface area contributed by atoms with Crippen LogP contribution < -0.4 is 27.0 Å². The monoisotopic (exact) mass is 602 g/mol. The molecule has 0 aliphatic heterocycles. The zero-order valence-corrected chi connectivity index (χ0v) is 24.8. The van der Waals surface area contributed by atoms with Gasteiger partial charge in [0, 0.05) is 31.9 Å². The maximum absolute atomic E-state index is 13.3. The Morgan fingerprint density at radius 2 is 1.27 bits per heavy atom. The zero-order chi connectivity index (χ0) is 31.0. The lowest BCUT2D eigenvalue weighted by atomic mass is 10.1. The summed E-state index contributed by atoms with van der Waals surface area (Å²) < 4.78 is 24.0. The standard InChI is InChI=1S/C32H39FN8O3/c1-23-2-4-25(5-3-23)21-36-30-39-31(37-22-26-6-10-27(33)11-7-26)41-32(40-30)38-28-12-8-24(9-13-28)20-29(42)35-15-17-44-19-18-43-16-14-34/h2-13H,14-22,34H2,1H3,(H,35,42)(H3,36,37,38,39,40,41). The van der Waals surface area contributed by atoms with Crippen LogP contribution in [0.15, 0.2) is 72.8 Å². The minimum atomic E-state index is -0.291. The Hall–Kier alpha value is -4.65. The predicted molar refractivity (Wildman–Crippen MR) is 169 cm³/mol. The molecule has 0 radical (unpaired) electrons. The number of nitrogens with two attached hydrogens (primary N) is 1. The fourth-order valence-electron chi connectivity index (χ4n) is 4.01. The van der Waals surface area contributed by atoms with Crippen molar-refractivity contribution in [2.45, 2.75) is 26.4 Å². The lowest BCUT2D eigenvalue weighted by Crippen LogP contribution is -2.29. The predicted octanol–water partition coefficient (Wildman–Crippen LogP) is 3.94. The van der Waals surface area contributed by atoms with Crippen LogP contribution in [0.2, 0.25) is 0 Å². The van der Waals surface area contributed by atoms with Gasteiger partial charge in [-0.25, -0.2) is 4.39 Å². The third kappa shape index (κ3) is 11.6. The summed E-state index contributed by atoms with van der Waals surface area (Å²) in [6, 6.07) is 21.9. The van der Waals surface area contributed by atoms with Gasteiger partial charge < -0.3 is 36.5 Å². The van der Waals surface area contributed by atoms with Crippen molar-refractivity contribution in [3.05, 3.63) is 101 Å². The summed E-state index contributed by atoms with van der Waals surface area (Å²) in [7, 11) is 0. The number of carbonyl (C=O) groups excluding carboxylic acids is 1. The van der Waals surface area contributed by atoms with Crippen molar-refractivity contribution in [2.75, 3.05) is 55.5 Å². The molecule has 4 aromatic rings. The van der Waals surface area contributed by atoms with Gasteiger partial charge in [0.05, 0.1) is 32.8 Å². The number of nitrogens with zero attached hydrogens (tertiary/aromatic N) is 3. The number of carbonyl (C=O) groups is 1. The smallest absolute Gasteiger partial charge is 0.233 e. The first-order valence-corrected chi connectivity index (χ1v) is 14.5. The molecule has 0 unspecified atom stereocenters. The van der Waals surface area contributed by atoms with Crippen molar-refractivity contribution in [1.82, 2.24) is 20.3 Å². The first-order chi connectivity index (χ1) is 21.5. The Bertz CT molecular complexity index is 1370. The summed E-state index contributed by atoms with van der Waals surface area (Å²) in [5.41, 5.74) is 10.1. The summed E-state index contributed by atoms with van der Waals surface area (Å²) in [6.07, 6.45) is 0.246. The number of rotatable bonds is 18. The van der Waals surface area contributed by atoms with Crippen LogP contribution in [0, 0.1) is 12.7 Å². The molecule has 1 amide bonds. The highest BCUT2D eigenvalue weighted by molar-refractivity contribution is 5.78. The quantitative estimate of drug-likeness (QED) is 0.106. The molecule has 4 rings (SSSR count). The van der Waals surface area contributed by atoms with Gasteiger partial charge in [0.1, 0.15) is 5.82 Å². The van der Waals surface area contributed by atoms with Gasteiger partial charge in [0.15, 0.2) is 0 Å². The molecule has 0 bridgehead atoms. The molecule has 0 saturated heterocycles. The van der Waals surface area contributed by atoms with E-state index in [2.05, 4.69) is 48.4 Å². The Morgan fingerprint density at radius 3 is 1.89 bits per heavy atom. The lowest BCUT2D eigenvalue weighted by Gasteiger charge is -2.12. The van der Waals surface area contributed by atoms with Gasteiger partial charge in [0.2, 0.25) is 23.8 Å². The van der Waals surface area contributed by atoms with Crippen molar-refractivity contribution in [1.29, 1.82) is 0 Å². The van der Waals surface area contributed by atoms with Crippen molar-refractivity contribution >= 4 is 29.4 Å². The number of halogens is 1. The van der Waals surface area contributed by atoms with Crippen LogP contribution in [0.25, 0.3) is 0 Å². The Labute approximate surface area is 256 Å². The van der Waals surface area contributed by atoms with E-state index >= 15 is 0 Å². The van der Waals surface area contributed by atoms with Crippen LogP contribution in [-0.4, -0.2) is 60.4 Å². The number of hydrogen-bond donors (Lipinski definition) is 5. The minimum absolute atomic E-state index is 0.0904. The third-order valence-corrected chi connectivity index (χ3v) is 6.35. The molecule has 0 saturated carbocycles. The molecule has 0 fully saturated rings. The van der Waals surface area contributed by atoms with Gasteiger partial charge in [-0.2, -0.15) is 15.0 Å². The SMILES string of the molecule is Cc1ccc(CNc2nc(NCc3ccc(F)cc3)nc(Nc3ccc(CC(=O)NCCOCCOCCN)cc3)n2)cc1. The lowest BCUT2D eigenvalue weighted by molar-refractivity contribution is -0.120. The Morgan fingerprint density at radius 1 is 0.727 bits per heavy atom. The Kier molecular flexibility index (Phi) is 12.8. The van der Waals surface area contributed by atoms with Crippen LogP contribution in [0.3, 0.4) is 0 Å². The summed E-state index contributed by atoms with van der Waals surface area (Å²) in [6.45, 7) is 5.76. The number of amides is 1. The molecular formula is C32H39FN8O3. The second-order valence-electron chi connectivity index (χ2n) is 9.99. The van der Waals surface area contributed by atoms with E-state index < -0.39 is 0 Å². The summed E-state index contributed by atoms with van der Waals surface area (Å²) in [4.78, 5) is 25.9. The number of aryl methyl sites for hydroxylation is 1. The van der Waals surface area contributed by atoms with Gasteiger partial charge in [-0.3, -0.25) is 4.79 Å².